The van der Waals surface area contributed by atoms with E-state index < -0.39 is 18.5 Å². The number of carbonyl (C=O) groups is 2. The molecule has 2 aromatic carbocycles. The summed E-state index contributed by atoms with van der Waals surface area (Å²) in [7, 11) is 0. The number of benzene rings is 2. The Labute approximate surface area is 142 Å². The van der Waals surface area contributed by atoms with Crippen molar-refractivity contribution in [3.8, 4) is 0 Å². The first-order valence-corrected chi connectivity index (χ1v) is 7.48. The lowest BCUT2D eigenvalue weighted by atomic mass is 10.2. The molecule has 24 heavy (non-hydrogen) atoms. The van der Waals surface area contributed by atoms with Crippen molar-refractivity contribution >= 4 is 40.3 Å². The number of amides is 1. The minimum absolute atomic E-state index is 0.283. The quantitative estimate of drug-likeness (QED) is 0.731. The highest BCUT2D eigenvalue weighted by atomic mass is 35.5. The van der Waals surface area contributed by atoms with Crippen LogP contribution in [0.4, 0.5) is 5.69 Å². The summed E-state index contributed by atoms with van der Waals surface area (Å²) in [6.07, 6.45) is 1.29. The van der Waals surface area contributed by atoms with Crippen LogP contribution >= 0.6 is 11.6 Å². The molecule has 0 spiro atoms. The summed E-state index contributed by atoms with van der Waals surface area (Å²) in [6.45, 7) is 1.38. The molecule has 0 bridgehead atoms. The summed E-state index contributed by atoms with van der Waals surface area (Å²) in [4.78, 5) is 27.9. The SMILES string of the molecule is Cc1c(Cl)cccc1NC(=O)COC(=O)c1ccc2ncoc2c1. The molecule has 7 heteroatoms. The second-order valence-corrected chi connectivity index (χ2v) is 5.48. The van der Waals surface area contributed by atoms with Crippen LogP contribution in [0, 0.1) is 6.92 Å². The van der Waals surface area contributed by atoms with E-state index in [2.05, 4.69) is 10.3 Å². The van der Waals surface area contributed by atoms with Gasteiger partial charge in [-0.3, -0.25) is 4.79 Å². The zero-order valence-corrected chi connectivity index (χ0v) is 13.5. The molecule has 0 saturated heterocycles. The van der Waals surface area contributed by atoms with E-state index in [1.54, 1.807) is 37.3 Å². The standard InChI is InChI=1S/C17H13ClN2O4/c1-10-12(18)3-2-4-13(10)20-16(21)8-23-17(22)11-5-6-14-15(7-11)24-9-19-14/h2-7,9H,8H2,1H3,(H,20,21). The van der Waals surface area contributed by atoms with Crippen molar-refractivity contribution in [1.82, 2.24) is 4.98 Å². The molecule has 1 heterocycles. The van der Waals surface area contributed by atoms with Gasteiger partial charge < -0.3 is 14.5 Å². The van der Waals surface area contributed by atoms with Gasteiger partial charge in [0.2, 0.25) is 0 Å². The average molecular weight is 345 g/mol. The van der Waals surface area contributed by atoms with Crippen molar-refractivity contribution in [2.75, 3.05) is 11.9 Å². The normalized spacial score (nSPS) is 10.6. The minimum atomic E-state index is -0.619. The number of oxazole rings is 1. The second kappa shape index (κ2) is 6.72. The topological polar surface area (TPSA) is 81.4 Å². The van der Waals surface area contributed by atoms with Gasteiger partial charge in [-0.15, -0.1) is 0 Å². The molecule has 0 aliphatic rings. The number of hydrogen-bond donors (Lipinski definition) is 1. The van der Waals surface area contributed by atoms with E-state index in [0.29, 0.717) is 21.8 Å². The fraction of sp³-hybridized carbons (Fsp3) is 0.118. The summed E-state index contributed by atoms with van der Waals surface area (Å²) >= 11 is 5.99. The Morgan fingerprint density at radius 3 is 2.96 bits per heavy atom. The van der Waals surface area contributed by atoms with Crippen LogP contribution in [0.15, 0.2) is 47.2 Å². The summed E-state index contributed by atoms with van der Waals surface area (Å²) in [5.74, 6) is -1.07. The van der Waals surface area contributed by atoms with Gasteiger partial charge in [-0.2, -0.15) is 0 Å². The van der Waals surface area contributed by atoms with E-state index in [0.717, 1.165) is 5.56 Å². The molecule has 122 valence electrons. The van der Waals surface area contributed by atoms with E-state index in [1.165, 1.54) is 12.5 Å². The summed E-state index contributed by atoms with van der Waals surface area (Å²) in [5, 5.41) is 3.20. The molecule has 3 rings (SSSR count). The predicted octanol–water partition coefficient (Wildman–Crippen LogP) is 3.59. The number of nitrogens with one attached hydrogen (secondary N) is 1. The second-order valence-electron chi connectivity index (χ2n) is 5.07. The Morgan fingerprint density at radius 1 is 1.29 bits per heavy atom. The fourth-order valence-corrected chi connectivity index (χ4v) is 2.30. The average Bonchev–Trinajstić information content (AvgIpc) is 3.04. The molecule has 0 aliphatic carbocycles. The lowest BCUT2D eigenvalue weighted by molar-refractivity contribution is -0.119. The van der Waals surface area contributed by atoms with Crippen molar-refractivity contribution in [1.29, 1.82) is 0 Å². The van der Waals surface area contributed by atoms with E-state index in [-0.39, 0.29) is 5.56 Å². The van der Waals surface area contributed by atoms with E-state index >= 15 is 0 Å². The number of esters is 1. The Morgan fingerprint density at radius 2 is 2.12 bits per heavy atom. The number of aromatic nitrogens is 1. The zero-order chi connectivity index (χ0) is 17.1. The van der Waals surface area contributed by atoms with Crippen molar-refractivity contribution in [3.05, 3.63) is 58.9 Å². The third-order valence-corrected chi connectivity index (χ3v) is 3.85. The molecule has 1 N–H and O–H groups in total. The van der Waals surface area contributed by atoms with Crippen molar-refractivity contribution in [2.24, 2.45) is 0 Å². The Kier molecular flexibility index (Phi) is 4.48. The van der Waals surface area contributed by atoms with Gasteiger partial charge in [0.1, 0.15) is 5.52 Å². The van der Waals surface area contributed by atoms with Gasteiger partial charge in [0.15, 0.2) is 18.6 Å². The first-order valence-electron chi connectivity index (χ1n) is 7.10. The maximum atomic E-state index is 12.0. The Hall–Kier alpha value is -2.86. The van der Waals surface area contributed by atoms with Gasteiger partial charge in [-0.05, 0) is 42.8 Å². The van der Waals surface area contributed by atoms with Crippen LogP contribution in [0.25, 0.3) is 11.1 Å². The number of fused-ring (bicyclic) bond motifs is 1. The lowest BCUT2D eigenvalue weighted by Crippen LogP contribution is -2.21. The van der Waals surface area contributed by atoms with Crippen LogP contribution in [0.3, 0.4) is 0 Å². The highest BCUT2D eigenvalue weighted by molar-refractivity contribution is 6.31. The number of carbonyl (C=O) groups excluding carboxylic acids is 2. The van der Waals surface area contributed by atoms with Gasteiger partial charge in [0.25, 0.3) is 5.91 Å². The lowest BCUT2D eigenvalue weighted by Gasteiger charge is -2.10. The predicted molar refractivity (Wildman–Crippen MR) is 89.1 cm³/mol. The first kappa shape index (κ1) is 16.0. The summed E-state index contributed by atoms with van der Waals surface area (Å²) < 4.78 is 10.1. The molecular weight excluding hydrogens is 332 g/mol. The van der Waals surface area contributed by atoms with Gasteiger partial charge in [0.05, 0.1) is 5.56 Å². The van der Waals surface area contributed by atoms with E-state index in [4.69, 9.17) is 20.8 Å². The number of rotatable bonds is 4. The zero-order valence-electron chi connectivity index (χ0n) is 12.7. The molecule has 0 saturated carbocycles. The van der Waals surface area contributed by atoms with Crippen LogP contribution in [0.5, 0.6) is 0 Å². The van der Waals surface area contributed by atoms with Crippen molar-refractivity contribution in [2.45, 2.75) is 6.92 Å². The number of halogens is 1. The van der Waals surface area contributed by atoms with Gasteiger partial charge in [-0.1, -0.05) is 17.7 Å². The smallest absolute Gasteiger partial charge is 0.338 e. The molecular formula is C17H13ClN2O4. The van der Waals surface area contributed by atoms with Crippen LogP contribution < -0.4 is 5.32 Å². The molecule has 0 unspecified atom stereocenters. The van der Waals surface area contributed by atoms with Gasteiger partial charge in [0, 0.05) is 10.7 Å². The maximum Gasteiger partial charge on any atom is 0.338 e. The number of hydrogen-bond acceptors (Lipinski definition) is 5. The van der Waals surface area contributed by atoms with Crippen LogP contribution in [-0.2, 0) is 9.53 Å². The number of ether oxygens (including phenoxy) is 1. The van der Waals surface area contributed by atoms with Crippen LogP contribution in [0.1, 0.15) is 15.9 Å². The molecule has 1 amide bonds. The molecule has 6 nitrogen and oxygen atoms in total. The first-order chi connectivity index (χ1) is 11.5. The van der Waals surface area contributed by atoms with Crippen molar-refractivity contribution in [3.63, 3.8) is 0 Å². The summed E-state index contributed by atoms with van der Waals surface area (Å²) in [5.41, 5.74) is 2.72. The fourth-order valence-electron chi connectivity index (χ4n) is 2.13. The highest BCUT2D eigenvalue weighted by Crippen LogP contribution is 2.22. The molecule has 0 fully saturated rings. The number of anilines is 1. The summed E-state index contributed by atoms with van der Waals surface area (Å²) in [6, 6.07) is 9.90. The minimum Gasteiger partial charge on any atom is -0.452 e. The number of nitrogens with zero attached hydrogens (tertiary/aromatic N) is 1. The van der Waals surface area contributed by atoms with Crippen LogP contribution in [-0.4, -0.2) is 23.5 Å². The third-order valence-electron chi connectivity index (χ3n) is 3.44. The van der Waals surface area contributed by atoms with E-state index in [9.17, 15) is 9.59 Å². The highest BCUT2D eigenvalue weighted by Gasteiger charge is 2.13. The molecule has 0 aliphatic heterocycles. The Balaban J connectivity index is 1.61. The largest absolute Gasteiger partial charge is 0.452 e. The third kappa shape index (κ3) is 3.38. The van der Waals surface area contributed by atoms with E-state index in [1.807, 2.05) is 0 Å². The Bertz CT molecular complexity index is 920. The van der Waals surface area contributed by atoms with Gasteiger partial charge in [-0.25, -0.2) is 9.78 Å². The molecule has 0 radical (unpaired) electrons. The van der Waals surface area contributed by atoms with Crippen molar-refractivity contribution < 1.29 is 18.7 Å². The van der Waals surface area contributed by atoms with Gasteiger partial charge >= 0.3 is 5.97 Å². The molecule has 0 atom stereocenters. The monoisotopic (exact) mass is 344 g/mol. The maximum absolute atomic E-state index is 12.0. The molecule has 3 aromatic rings. The molecule has 1 aromatic heterocycles. The van der Waals surface area contributed by atoms with Crippen LogP contribution in [0.2, 0.25) is 5.02 Å².